The first-order valence-corrected chi connectivity index (χ1v) is 6.48. The van der Waals surface area contributed by atoms with Gasteiger partial charge in [-0.3, -0.25) is 0 Å². The summed E-state index contributed by atoms with van der Waals surface area (Å²) < 4.78 is 0. The lowest BCUT2D eigenvalue weighted by molar-refractivity contribution is 0.199. The number of hydrogen-bond acceptors (Lipinski definition) is 3. The fraction of sp³-hybridized carbons (Fsp3) is 0.643. The Bertz CT molecular complexity index is 339. The highest BCUT2D eigenvalue weighted by Crippen LogP contribution is 2.24. The van der Waals surface area contributed by atoms with E-state index < -0.39 is 6.10 Å². The van der Waals surface area contributed by atoms with Crippen molar-refractivity contribution in [1.29, 1.82) is 0 Å². The zero-order chi connectivity index (χ0) is 12.8. The zero-order valence-electron chi connectivity index (χ0n) is 11.3. The summed E-state index contributed by atoms with van der Waals surface area (Å²) >= 11 is 0. The predicted molar refractivity (Wildman–Crippen MR) is 72.2 cm³/mol. The predicted octanol–water partition coefficient (Wildman–Crippen LogP) is 3.01. The van der Waals surface area contributed by atoms with Crippen LogP contribution in [0.4, 0.5) is 5.82 Å². The maximum absolute atomic E-state index is 9.77. The van der Waals surface area contributed by atoms with Gasteiger partial charge in [-0.05, 0) is 25.8 Å². The molecule has 2 atom stereocenters. The molecule has 0 aliphatic rings. The van der Waals surface area contributed by atoms with Crippen molar-refractivity contribution in [2.45, 2.75) is 40.2 Å². The average molecular weight is 236 g/mol. The first kappa shape index (κ1) is 14.0. The van der Waals surface area contributed by atoms with Crippen molar-refractivity contribution in [2.24, 2.45) is 5.92 Å². The van der Waals surface area contributed by atoms with Gasteiger partial charge in [-0.1, -0.05) is 26.3 Å². The second kappa shape index (κ2) is 6.60. The maximum atomic E-state index is 9.77. The van der Waals surface area contributed by atoms with E-state index in [0.717, 1.165) is 30.9 Å². The van der Waals surface area contributed by atoms with E-state index in [9.17, 15) is 5.11 Å². The third-order valence-electron chi connectivity index (χ3n) is 3.18. The molecule has 0 amide bonds. The Balaban J connectivity index is 2.94. The fourth-order valence-electron chi connectivity index (χ4n) is 1.87. The van der Waals surface area contributed by atoms with Crippen LogP contribution in [0.15, 0.2) is 18.3 Å². The largest absolute Gasteiger partial charge is 0.389 e. The molecule has 17 heavy (non-hydrogen) atoms. The Morgan fingerprint density at radius 3 is 2.59 bits per heavy atom. The van der Waals surface area contributed by atoms with Gasteiger partial charge in [-0.25, -0.2) is 4.98 Å². The molecule has 1 aromatic rings. The lowest BCUT2D eigenvalue weighted by atomic mass is 10.1. The van der Waals surface area contributed by atoms with Gasteiger partial charge < -0.3 is 10.0 Å². The third-order valence-corrected chi connectivity index (χ3v) is 3.18. The zero-order valence-corrected chi connectivity index (χ0v) is 11.3. The van der Waals surface area contributed by atoms with E-state index in [4.69, 9.17) is 0 Å². The number of aromatic nitrogens is 1. The molecule has 0 aliphatic carbocycles. The van der Waals surface area contributed by atoms with Crippen molar-refractivity contribution in [2.75, 3.05) is 18.0 Å². The molecule has 0 bridgehead atoms. The molecule has 0 radical (unpaired) electrons. The van der Waals surface area contributed by atoms with E-state index in [1.54, 1.807) is 13.1 Å². The van der Waals surface area contributed by atoms with Crippen molar-refractivity contribution in [3.63, 3.8) is 0 Å². The number of pyridine rings is 1. The van der Waals surface area contributed by atoms with Gasteiger partial charge in [0.25, 0.3) is 0 Å². The van der Waals surface area contributed by atoms with E-state index in [0.29, 0.717) is 5.92 Å². The Morgan fingerprint density at radius 2 is 2.06 bits per heavy atom. The standard InChI is InChI=1S/C14H24N2O/c1-5-11(3)10-16(6-2)14-13(12(4)17)8-7-9-15-14/h7-9,11-12,17H,5-6,10H2,1-4H3/t11?,12-/m1/s1. The van der Waals surface area contributed by atoms with Crippen molar-refractivity contribution in [1.82, 2.24) is 4.98 Å². The van der Waals surface area contributed by atoms with Crippen LogP contribution in [0.1, 0.15) is 45.8 Å². The molecule has 1 unspecified atom stereocenters. The Labute approximate surface area is 104 Å². The molecule has 1 N–H and O–H groups in total. The molecule has 0 fully saturated rings. The number of rotatable bonds is 6. The summed E-state index contributed by atoms with van der Waals surface area (Å²) in [4.78, 5) is 6.67. The molecule has 1 aromatic heterocycles. The van der Waals surface area contributed by atoms with Crippen LogP contribution in [0, 0.1) is 5.92 Å². The summed E-state index contributed by atoms with van der Waals surface area (Å²) in [7, 11) is 0. The number of anilines is 1. The first-order chi connectivity index (χ1) is 8.10. The van der Waals surface area contributed by atoms with E-state index in [2.05, 4.69) is 30.7 Å². The Hall–Kier alpha value is -1.09. The molecule has 1 rings (SSSR count). The minimum atomic E-state index is -0.468. The van der Waals surface area contributed by atoms with E-state index in [1.807, 2.05) is 12.1 Å². The number of nitrogens with zero attached hydrogens (tertiary/aromatic N) is 2. The molecular formula is C14H24N2O. The van der Waals surface area contributed by atoms with Crippen molar-refractivity contribution in [3.05, 3.63) is 23.9 Å². The smallest absolute Gasteiger partial charge is 0.134 e. The molecule has 96 valence electrons. The number of hydrogen-bond donors (Lipinski definition) is 1. The molecular weight excluding hydrogens is 212 g/mol. The molecule has 1 heterocycles. The van der Waals surface area contributed by atoms with Crippen LogP contribution in [0.5, 0.6) is 0 Å². The molecule has 0 saturated heterocycles. The van der Waals surface area contributed by atoms with Crippen LogP contribution in [0.2, 0.25) is 0 Å². The van der Waals surface area contributed by atoms with Gasteiger partial charge in [0, 0.05) is 24.8 Å². The monoisotopic (exact) mass is 236 g/mol. The lowest BCUT2D eigenvalue weighted by Crippen LogP contribution is -2.30. The third kappa shape index (κ3) is 3.70. The van der Waals surface area contributed by atoms with Crippen molar-refractivity contribution < 1.29 is 5.11 Å². The fourth-order valence-corrected chi connectivity index (χ4v) is 1.87. The van der Waals surface area contributed by atoms with Gasteiger partial charge in [0.05, 0.1) is 6.10 Å². The van der Waals surface area contributed by atoms with Gasteiger partial charge in [0.2, 0.25) is 0 Å². The summed E-state index contributed by atoms with van der Waals surface area (Å²) in [5, 5.41) is 9.77. The highest BCUT2D eigenvalue weighted by atomic mass is 16.3. The summed E-state index contributed by atoms with van der Waals surface area (Å²) in [5.74, 6) is 1.56. The Morgan fingerprint density at radius 1 is 1.35 bits per heavy atom. The SMILES string of the molecule is CCC(C)CN(CC)c1ncccc1[C@@H](C)O. The highest BCUT2D eigenvalue weighted by Gasteiger charge is 2.15. The summed E-state index contributed by atoms with van der Waals surface area (Å²) in [6.45, 7) is 10.3. The van der Waals surface area contributed by atoms with Crippen molar-refractivity contribution in [3.8, 4) is 0 Å². The van der Waals surface area contributed by atoms with E-state index in [-0.39, 0.29) is 0 Å². The lowest BCUT2D eigenvalue weighted by Gasteiger charge is -2.27. The second-order valence-electron chi connectivity index (χ2n) is 4.64. The van der Waals surface area contributed by atoms with Crippen LogP contribution in [-0.2, 0) is 0 Å². The number of aliphatic hydroxyl groups is 1. The average Bonchev–Trinajstić information content (AvgIpc) is 2.35. The molecule has 0 saturated carbocycles. The quantitative estimate of drug-likeness (QED) is 0.825. The Kier molecular flexibility index (Phi) is 5.42. The summed E-state index contributed by atoms with van der Waals surface area (Å²) in [5.41, 5.74) is 0.914. The van der Waals surface area contributed by atoms with Gasteiger partial charge in [-0.15, -0.1) is 0 Å². The van der Waals surface area contributed by atoms with Crippen LogP contribution in [-0.4, -0.2) is 23.2 Å². The topological polar surface area (TPSA) is 36.4 Å². The van der Waals surface area contributed by atoms with E-state index >= 15 is 0 Å². The van der Waals surface area contributed by atoms with Gasteiger partial charge in [0.1, 0.15) is 5.82 Å². The van der Waals surface area contributed by atoms with Gasteiger partial charge in [-0.2, -0.15) is 0 Å². The molecule has 0 aliphatic heterocycles. The maximum Gasteiger partial charge on any atom is 0.134 e. The van der Waals surface area contributed by atoms with Crippen LogP contribution >= 0.6 is 0 Å². The van der Waals surface area contributed by atoms with Gasteiger partial charge >= 0.3 is 0 Å². The van der Waals surface area contributed by atoms with Crippen LogP contribution in [0.3, 0.4) is 0 Å². The normalized spacial score (nSPS) is 14.4. The minimum absolute atomic E-state index is 0.468. The van der Waals surface area contributed by atoms with Gasteiger partial charge in [0.15, 0.2) is 0 Å². The van der Waals surface area contributed by atoms with Crippen molar-refractivity contribution >= 4 is 5.82 Å². The van der Waals surface area contributed by atoms with Crippen LogP contribution in [0.25, 0.3) is 0 Å². The van der Waals surface area contributed by atoms with E-state index in [1.165, 1.54) is 0 Å². The molecule has 0 spiro atoms. The molecule has 3 nitrogen and oxygen atoms in total. The van der Waals surface area contributed by atoms with Crippen LogP contribution < -0.4 is 4.90 Å². The summed E-state index contributed by atoms with van der Waals surface area (Å²) in [6, 6.07) is 3.83. The second-order valence-corrected chi connectivity index (χ2v) is 4.64. The minimum Gasteiger partial charge on any atom is -0.389 e. The summed E-state index contributed by atoms with van der Waals surface area (Å²) in [6.07, 6.45) is 2.48. The highest BCUT2D eigenvalue weighted by molar-refractivity contribution is 5.47. The molecule has 3 heteroatoms. The number of aliphatic hydroxyl groups excluding tert-OH is 1. The first-order valence-electron chi connectivity index (χ1n) is 6.48. The molecule has 0 aromatic carbocycles.